The minimum atomic E-state index is -3.86. The number of fused-ring (bicyclic) bond motifs is 1. The van der Waals surface area contributed by atoms with Gasteiger partial charge in [-0.05, 0) is 43.3 Å². The number of carbonyl (C=O) groups is 1. The lowest BCUT2D eigenvalue weighted by Gasteiger charge is -2.08. The molecule has 0 aliphatic rings. The SMILES string of the molecule is Cc1nc2ccc(NS(=O)(=O)c3cccc(C(=O)O)c3)cc2s1. The predicted octanol–water partition coefficient (Wildman–Crippen LogP) is 3.10. The Morgan fingerprint density at radius 1 is 1.22 bits per heavy atom. The van der Waals surface area contributed by atoms with Crippen LogP contribution in [0.1, 0.15) is 15.4 Å². The van der Waals surface area contributed by atoms with E-state index < -0.39 is 16.0 Å². The van der Waals surface area contributed by atoms with Gasteiger partial charge in [0.1, 0.15) is 0 Å². The normalized spacial score (nSPS) is 11.5. The van der Waals surface area contributed by atoms with E-state index in [1.807, 2.05) is 6.92 Å². The maximum atomic E-state index is 12.4. The molecule has 0 spiro atoms. The highest BCUT2D eigenvalue weighted by Gasteiger charge is 2.16. The van der Waals surface area contributed by atoms with Gasteiger partial charge in [-0.25, -0.2) is 18.2 Å². The average molecular weight is 348 g/mol. The Morgan fingerprint density at radius 3 is 2.74 bits per heavy atom. The number of aromatic carboxylic acids is 1. The van der Waals surface area contributed by atoms with Gasteiger partial charge < -0.3 is 5.11 Å². The third-order valence-corrected chi connectivity index (χ3v) is 5.45. The van der Waals surface area contributed by atoms with Crippen molar-refractivity contribution < 1.29 is 18.3 Å². The first-order valence-corrected chi connectivity index (χ1v) is 8.88. The van der Waals surface area contributed by atoms with Gasteiger partial charge in [0.05, 0.1) is 31.4 Å². The predicted molar refractivity (Wildman–Crippen MR) is 88.6 cm³/mol. The molecule has 0 saturated heterocycles. The van der Waals surface area contributed by atoms with Gasteiger partial charge in [-0.3, -0.25) is 4.72 Å². The van der Waals surface area contributed by atoms with E-state index in [4.69, 9.17) is 5.11 Å². The number of nitrogens with zero attached hydrogens (tertiary/aromatic N) is 1. The van der Waals surface area contributed by atoms with Crippen molar-refractivity contribution in [2.75, 3.05) is 4.72 Å². The second kappa shape index (κ2) is 5.64. The number of rotatable bonds is 4. The Morgan fingerprint density at radius 2 is 2.00 bits per heavy atom. The molecule has 0 aliphatic heterocycles. The summed E-state index contributed by atoms with van der Waals surface area (Å²) in [5, 5.41) is 9.86. The van der Waals surface area contributed by atoms with Crippen molar-refractivity contribution in [2.24, 2.45) is 0 Å². The van der Waals surface area contributed by atoms with Crippen molar-refractivity contribution in [3.05, 3.63) is 53.0 Å². The van der Waals surface area contributed by atoms with E-state index >= 15 is 0 Å². The van der Waals surface area contributed by atoms with Crippen LogP contribution < -0.4 is 4.72 Å². The number of carboxylic acids is 1. The van der Waals surface area contributed by atoms with Gasteiger partial charge in [0.15, 0.2) is 0 Å². The van der Waals surface area contributed by atoms with Crippen LogP contribution in [-0.4, -0.2) is 24.5 Å². The van der Waals surface area contributed by atoms with Crippen molar-refractivity contribution in [3.63, 3.8) is 0 Å². The number of aromatic nitrogens is 1. The van der Waals surface area contributed by atoms with Crippen LogP contribution >= 0.6 is 11.3 Å². The summed E-state index contributed by atoms with van der Waals surface area (Å²) in [6.45, 7) is 1.88. The Hall–Kier alpha value is -2.45. The van der Waals surface area contributed by atoms with Gasteiger partial charge in [0.2, 0.25) is 0 Å². The van der Waals surface area contributed by atoms with E-state index in [-0.39, 0.29) is 10.5 Å². The molecule has 0 unspecified atom stereocenters. The standard InChI is InChI=1S/C15H12N2O4S2/c1-9-16-13-6-5-11(8-14(13)22-9)17-23(20,21)12-4-2-3-10(7-12)15(18)19/h2-8,17H,1H3,(H,18,19). The van der Waals surface area contributed by atoms with Gasteiger partial charge in [-0.15, -0.1) is 11.3 Å². The lowest BCUT2D eigenvalue weighted by molar-refractivity contribution is 0.0696. The molecule has 0 aliphatic carbocycles. The van der Waals surface area contributed by atoms with E-state index in [9.17, 15) is 13.2 Å². The summed E-state index contributed by atoms with van der Waals surface area (Å²) in [7, 11) is -3.86. The zero-order valence-electron chi connectivity index (χ0n) is 12.0. The maximum absolute atomic E-state index is 12.4. The lowest BCUT2D eigenvalue weighted by atomic mass is 10.2. The van der Waals surface area contributed by atoms with E-state index in [0.717, 1.165) is 21.3 Å². The smallest absolute Gasteiger partial charge is 0.335 e. The molecule has 2 N–H and O–H groups in total. The Balaban J connectivity index is 1.95. The van der Waals surface area contributed by atoms with Crippen LogP contribution in [0.5, 0.6) is 0 Å². The molecule has 2 aromatic carbocycles. The molecule has 23 heavy (non-hydrogen) atoms. The second-order valence-corrected chi connectivity index (χ2v) is 7.77. The number of hydrogen-bond donors (Lipinski definition) is 2. The molecular weight excluding hydrogens is 336 g/mol. The van der Waals surface area contributed by atoms with Crippen molar-refractivity contribution in [2.45, 2.75) is 11.8 Å². The zero-order chi connectivity index (χ0) is 16.6. The lowest BCUT2D eigenvalue weighted by Crippen LogP contribution is -2.13. The van der Waals surface area contributed by atoms with E-state index in [1.54, 1.807) is 18.2 Å². The van der Waals surface area contributed by atoms with Crippen molar-refractivity contribution >= 4 is 43.2 Å². The quantitative estimate of drug-likeness (QED) is 0.755. The number of nitrogens with one attached hydrogen (secondary N) is 1. The fourth-order valence-corrected chi connectivity index (χ4v) is 4.08. The van der Waals surface area contributed by atoms with Crippen LogP contribution in [0.2, 0.25) is 0 Å². The van der Waals surface area contributed by atoms with Crippen LogP contribution in [0.25, 0.3) is 10.2 Å². The van der Waals surface area contributed by atoms with Gasteiger partial charge in [0.25, 0.3) is 10.0 Å². The molecule has 1 heterocycles. The Labute approximate surface area is 136 Å². The van der Waals surface area contributed by atoms with Crippen LogP contribution in [0.3, 0.4) is 0 Å². The summed E-state index contributed by atoms with van der Waals surface area (Å²) < 4.78 is 28.1. The first kappa shape index (κ1) is 15.4. The van der Waals surface area contributed by atoms with Gasteiger partial charge >= 0.3 is 5.97 Å². The van der Waals surface area contributed by atoms with Crippen molar-refractivity contribution in [1.29, 1.82) is 0 Å². The van der Waals surface area contributed by atoms with Crippen LogP contribution in [0.4, 0.5) is 5.69 Å². The number of benzene rings is 2. The second-order valence-electron chi connectivity index (χ2n) is 4.85. The minimum Gasteiger partial charge on any atom is -0.478 e. The maximum Gasteiger partial charge on any atom is 0.335 e. The summed E-state index contributed by atoms with van der Waals surface area (Å²) >= 11 is 1.47. The minimum absolute atomic E-state index is 0.0820. The highest BCUT2D eigenvalue weighted by molar-refractivity contribution is 7.92. The number of carboxylic acid groups (broad SMARTS) is 1. The fourth-order valence-electron chi connectivity index (χ4n) is 2.11. The number of sulfonamides is 1. The van der Waals surface area contributed by atoms with Gasteiger partial charge in [-0.2, -0.15) is 0 Å². The van der Waals surface area contributed by atoms with Crippen LogP contribution in [0.15, 0.2) is 47.4 Å². The van der Waals surface area contributed by atoms with Crippen molar-refractivity contribution in [3.8, 4) is 0 Å². The van der Waals surface area contributed by atoms with Gasteiger partial charge in [0, 0.05) is 0 Å². The monoisotopic (exact) mass is 348 g/mol. The third kappa shape index (κ3) is 3.17. The molecule has 0 amide bonds. The Kier molecular flexibility index (Phi) is 3.78. The summed E-state index contributed by atoms with van der Waals surface area (Å²) in [6.07, 6.45) is 0. The van der Waals surface area contributed by atoms with Crippen LogP contribution in [0, 0.1) is 6.92 Å². The average Bonchev–Trinajstić information content (AvgIpc) is 2.86. The largest absolute Gasteiger partial charge is 0.478 e. The van der Waals surface area contributed by atoms with Crippen molar-refractivity contribution in [1.82, 2.24) is 4.98 Å². The molecule has 0 radical (unpaired) electrons. The third-order valence-electron chi connectivity index (χ3n) is 3.14. The molecule has 1 aromatic heterocycles. The Bertz CT molecular complexity index is 1010. The molecule has 0 saturated carbocycles. The molecule has 0 fully saturated rings. The summed E-state index contributed by atoms with van der Waals surface area (Å²) in [5.41, 5.74) is 1.13. The summed E-state index contributed by atoms with van der Waals surface area (Å²) in [4.78, 5) is 15.2. The topological polar surface area (TPSA) is 96.4 Å². The molecule has 6 nitrogen and oxygen atoms in total. The number of hydrogen-bond acceptors (Lipinski definition) is 5. The van der Waals surface area contributed by atoms with Crippen LogP contribution in [-0.2, 0) is 10.0 Å². The molecule has 0 bridgehead atoms. The van der Waals surface area contributed by atoms with E-state index in [1.165, 1.54) is 29.5 Å². The molecule has 118 valence electrons. The number of aryl methyl sites for hydroxylation is 1. The summed E-state index contributed by atoms with van der Waals surface area (Å²) in [5.74, 6) is -1.18. The highest BCUT2D eigenvalue weighted by Crippen LogP contribution is 2.26. The van der Waals surface area contributed by atoms with Gasteiger partial charge in [-0.1, -0.05) is 6.07 Å². The fraction of sp³-hybridized carbons (Fsp3) is 0.0667. The first-order valence-electron chi connectivity index (χ1n) is 6.58. The van der Waals surface area contributed by atoms with E-state index in [0.29, 0.717) is 5.69 Å². The van der Waals surface area contributed by atoms with E-state index in [2.05, 4.69) is 9.71 Å². The number of thiazole rings is 1. The molecule has 3 aromatic rings. The molecule has 0 atom stereocenters. The zero-order valence-corrected chi connectivity index (χ0v) is 13.6. The summed E-state index contributed by atoms with van der Waals surface area (Å²) in [6, 6.07) is 10.3. The molecular formula is C15H12N2O4S2. The number of anilines is 1. The first-order chi connectivity index (χ1) is 10.8. The highest BCUT2D eigenvalue weighted by atomic mass is 32.2. The molecule has 8 heteroatoms. The molecule has 3 rings (SSSR count).